The zero-order valence-corrected chi connectivity index (χ0v) is 9.82. The smallest absolute Gasteiger partial charge is 0.309 e. The van der Waals surface area contributed by atoms with Gasteiger partial charge in [0.05, 0.1) is 12.0 Å². The molecule has 0 bridgehead atoms. The van der Waals surface area contributed by atoms with Crippen LogP contribution in [0, 0.1) is 5.92 Å². The number of carbonyl (C=O) groups excluding carboxylic acids is 1. The molecule has 2 fully saturated rings. The zero-order valence-electron chi connectivity index (χ0n) is 9.82. The van der Waals surface area contributed by atoms with Crippen LogP contribution in [0.2, 0.25) is 0 Å². The molecule has 1 amide bonds. The van der Waals surface area contributed by atoms with E-state index in [4.69, 9.17) is 0 Å². The van der Waals surface area contributed by atoms with Crippen LogP contribution in [0.25, 0.3) is 0 Å². The van der Waals surface area contributed by atoms with Crippen molar-refractivity contribution >= 4 is 11.9 Å². The average molecular weight is 246 g/mol. The molecule has 1 saturated carbocycles. The van der Waals surface area contributed by atoms with Gasteiger partial charge >= 0.3 is 5.97 Å². The van der Waals surface area contributed by atoms with E-state index in [0.717, 1.165) is 18.4 Å². The molecule has 5 nitrogen and oxygen atoms in total. The fourth-order valence-electron chi connectivity index (χ4n) is 2.70. The van der Waals surface area contributed by atoms with Gasteiger partial charge in [-0.15, -0.1) is 0 Å². The van der Waals surface area contributed by atoms with Crippen LogP contribution >= 0.6 is 0 Å². The van der Waals surface area contributed by atoms with Crippen molar-refractivity contribution in [2.24, 2.45) is 5.92 Å². The van der Waals surface area contributed by atoms with E-state index >= 15 is 0 Å². The molecule has 5 heteroatoms. The van der Waals surface area contributed by atoms with E-state index in [9.17, 15) is 14.7 Å². The summed E-state index contributed by atoms with van der Waals surface area (Å²) in [4.78, 5) is 29.1. The van der Waals surface area contributed by atoms with Crippen LogP contribution in [0.3, 0.4) is 0 Å². The summed E-state index contributed by atoms with van der Waals surface area (Å²) >= 11 is 0. The van der Waals surface area contributed by atoms with Crippen molar-refractivity contribution in [3.8, 4) is 0 Å². The molecule has 0 radical (unpaired) electrons. The number of nitrogens with zero attached hydrogens (tertiary/aromatic N) is 2. The minimum absolute atomic E-state index is 0.0428. The third-order valence-electron chi connectivity index (χ3n) is 3.65. The monoisotopic (exact) mass is 246 g/mol. The Labute approximate surface area is 104 Å². The summed E-state index contributed by atoms with van der Waals surface area (Å²) in [6.45, 7) is 0. The van der Waals surface area contributed by atoms with Crippen molar-refractivity contribution < 1.29 is 14.7 Å². The summed E-state index contributed by atoms with van der Waals surface area (Å²) in [6.07, 6.45) is 5.38. The number of amides is 1. The average Bonchev–Trinajstić information content (AvgIpc) is 3.13. The van der Waals surface area contributed by atoms with Gasteiger partial charge in [-0.1, -0.05) is 6.07 Å². The van der Waals surface area contributed by atoms with E-state index in [-0.39, 0.29) is 24.4 Å². The minimum atomic E-state index is -0.902. The number of aromatic nitrogens is 1. The number of carboxylic acids is 1. The van der Waals surface area contributed by atoms with Crippen LogP contribution in [0.15, 0.2) is 24.5 Å². The van der Waals surface area contributed by atoms with Crippen LogP contribution in [0.1, 0.15) is 30.9 Å². The van der Waals surface area contributed by atoms with Gasteiger partial charge < -0.3 is 10.0 Å². The van der Waals surface area contributed by atoms with Gasteiger partial charge in [-0.25, -0.2) is 0 Å². The molecular formula is C13H14N2O3. The maximum absolute atomic E-state index is 12.0. The fourth-order valence-corrected chi connectivity index (χ4v) is 2.70. The van der Waals surface area contributed by atoms with Crippen molar-refractivity contribution in [2.75, 3.05) is 0 Å². The minimum Gasteiger partial charge on any atom is -0.481 e. The maximum Gasteiger partial charge on any atom is 0.309 e. The van der Waals surface area contributed by atoms with Gasteiger partial charge in [0.1, 0.15) is 0 Å². The molecule has 0 aromatic carbocycles. The van der Waals surface area contributed by atoms with Crippen LogP contribution < -0.4 is 0 Å². The SMILES string of the molecule is O=C(O)[C@@H]1CC(=O)N(C2CC2)[C@H]1c1cccnc1. The Morgan fingerprint density at radius 3 is 2.78 bits per heavy atom. The zero-order chi connectivity index (χ0) is 12.7. The van der Waals surface area contributed by atoms with Gasteiger partial charge in [0.2, 0.25) is 5.91 Å². The molecule has 1 N–H and O–H groups in total. The highest BCUT2D eigenvalue weighted by atomic mass is 16.4. The summed E-state index contributed by atoms with van der Waals surface area (Å²) in [5.41, 5.74) is 0.822. The molecule has 2 heterocycles. The van der Waals surface area contributed by atoms with Crippen molar-refractivity contribution in [3.05, 3.63) is 30.1 Å². The van der Waals surface area contributed by atoms with Crippen LogP contribution in [0.5, 0.6) is 0 Å². The first-order chi connectivity index (χ1) is 8.68. The summed E-state index contributed by atoms with van der Waals surface area (Å²) in [5, 5.41) is 9.28. The lowest BCUT2D eigenvalue weighted by atomic mass is 9.95. The Kier molecular flexibility index (Phi) is 2.54. The van der Waals surface area contributed by atoms with E-state index in [1.807, 2.05) is 6.07 Å². The Bertz CT molecular complexity index is 484. The van der Waals surface area contributed by atoms with Gasteiger partial charge in [-0.2, -0.15) is 0 Å². The van der Waals surface area contributed by atoms with Crippen molar-refractivity contribution in [1.82, 2.24) is 9.88 Å². The lowest BCUT2D eigenvalue weighted by molar-refractivity contribution is -0.142. The summed E-state index contributed by atoms with van der Waals surface area (Å²) in [5.74, 6) is -1.60. The second kappa shape index (κ2) is 4.08. The van der Waals surface area contributed by atoms with Crippen molar-refractivity contribution in [3.63, 3.8) is 0 Å². The van der Waals surface area contributed by atoms with E-state index in [2.05, 4.69) is 4.98 Å². The van der Waals surface area contributed by atoms with Crippen molar-refractivity contribution in [2.45, 2.75) is 31.3 Å². The molecule has 94 valence electrons. The van der Waals surface area contributed by atoms with Crippen molar-refractivity contribution in [1.29, 1.82) is 0 Å². The Morgan fingerprint density at radius 1 is 1.44 bits per heavy atom. The first kappa shape index (κ1) is 11.2. The van der Waals surface area contributed by atoms with Gasteiger partial charge in [0.25, 0.3) is 0 Å². The highest BCUT2D eigenvalue weighted by molar-refractivity contribution is 5.87. The maximum atomic E-state index is 12.0. The molecule has 1 aromatic heterocycles. The standard InChI is InChI=1S/C13H14N2O3/c16-11-6-10(13(17)18)12(15(11)9-3-4-9)8-2-1-5-14-7-8/h1-2,5,7,9-10,12H,3-4,6H2,(H,17,18)/t10-,12+/m1/s1. The molecule has 2 atom stereocenters. The Hall–Kier alpha value is -1.91. The third-order valence-corrected chi connectivity index (χ3v) is 3.65. The summed E-state index contributed by atoms with van der Waals surface area (Å²) in [6, 6.07) is 3.51. The van der Waals surface area contributed by atoms with Crippen LogP contribution in [-0.2, 0) is 9.59 Å². The third kappa shape index (κ3) is 1.75. The number of hydrogen-bond donors (Lipinski definition) is 1. The number of carboxylic acid groups (broad SMARTS) is 1. The number of hydrogen-bond acceptors (Lipinski definition) is 3. The molecule has 1 aliphatic heterocycles. The second-order valence-electron chi connectivity index (χ2n) is 4.91. The first-order valence-electron chi connectivity index (χ1n) is 6.12. The van der Waals surface area contributed by atoms with Gasteiger partial charge in [0.15, 0.2) is 0 Å². The molecular weight excluding hydrogens is 232 g/mol. The number of likely N-dealkylation sites (tertiary alicyclic amines) is 1. The van der Waals surface area contributed by atoms with Crippen LogP contribution in [0.4, 0.5) is 0 Å². The largest absolute Gasteiger partial charge is 0.481 e. The highest BCUT2D eigenvalue weighted by Gasteiger charge is 2.49. The van der Waals surface area contributed by atoms with E-state index in [0.29, 0.717) is 0 Å². The molecule has 0 unspecified atom stereocenters. The predicted octanol–water partition coefficient (Wildman–Crippen LogP) is 1.22. The molecule has 18 heavy (non-hydrogen) atoms. The van der Waals surface area contributed by atoms with Gasteiger partial charge in [0, 0.05) is 24.9 Å². The molecule has 2 aliphatic rings. The quantitative estimate of drug-likeness (QED) is 0.870. The summed E-state index contributed by atoms with van der Waals surface area (Å²) < 4.78 is 0. The predicted molar refractivity (Wildman–Crippen MR) is 62.6 cm³/mol. The molecule has 1 saturated heterocycles. The number of pyridine rings is 1. The van der Waals surface area contributed by atoms with E-state index < -0.39 is 11.9 Å². The Morgan fingerprint density at radius 2 is 2.22 bits per heavy atom. The van der Waals surface area contributed by atoms with E-state index in [1.165, 1.54) is 0 Å². The van der Waals surface area contributed by atoms with Crippen LogP contribution in [-0.4, -0.2) is 32.9 Å². The first-order valence-corrected chi connectivity index (χ1v) is 6.12. The molecule has 1 aromatic rings. The lowest BCUT2D eigenvalue weighted by Gasteiger charge is -2.26. The number of carbonyl (C=O) groups is 2. The Balaban J connectivity index is 1.99. The van der Waals surface area contributed by atoms with Gasteiger partial charge in [-0.3, -0.25) is 14.6 Å². The van der Waals surface area contributed by atoms with E-state index in [1.54, 1.807) is 23.4 Å². The second-order valence-corrected chi connectivity index (χ2v) is 4.91. The van der Waals surface area contributed by atoms with Gasteiger partial charge in [-0.05, 0) is 24.5 Å². The lowest BCUT2D eigenvalue weighted by Crippen LogP contribution is -2.32. The number of rotatable bonds is 3. The normalized spacial score (nSPS) is 27.6. The topological polar surface area (TPSA) is 70.5 Å². The fraction of sp³-hybridized carbons (Fsp3) is 0.462. The summed E-state index contributed by atoms with van der Waals surface area (Å²) in [7, 11) is 0. The molecule has 3 rings (SSSR count). The molecule has 1 aliphatic carbocycles. The number of aliphatic carboxylic acids is 1. The highest BCUT2D eigenvalue weighted by Crippen LogP contribution is 2.44. The molecule has 0 spiro atoms.